The average molecular weight is 519 g/mol. The van der Waals surface area contributed by atoms with Crippen LogP contribution in [0, 0.1) is 29.6 Å². The molecule has 10 nitrogen and oxygen atoms in total. The number of aliphatic carboxylic acids is 1. The monoisotopic (exact) mass is 518 g/mol. The lowest BCUT2D eigenvalue weighted by atomic mass is 9.68. The van der Waals surface area contributed by atoms with Gasteiger partial charge in [0.15, 0.2) is 11.5 Å². The average Bonchev–Trinajstić information content (AvgIpc) is 3.55. The van der Waals surface area contributed by atoms with Gasteiger partial charge in [-0.15, -0.1) is 11.8 Å². The number of ether oxygens (including phenoxy) is 2. The minimum Gasteiger partial charge on any atom is -0.502 e. The molecule has 0 spiro atoms. The number of nitrogens with one attached hydrogen (secondary N) is 1. The number of imide groups is 1. The number of H-pyrrole nitrogens is 1. The van der Waals surface area contributed by atoms with Crippen molar-refractivity contribution in [3.63, 3.8) is 0 Å². The third-order valence-corrected chi connectivity index (χ3v) is 10.6. The van der Waals surface area contributed by atoms with E-state index in [1.165, 1.54) is 14.2 Å². The first-order valence-corrected chi connectivity index (χ1v) is 12.9. The maximum Gasteiger partial charge on any atom is 0.323 e. The highest BCUT2D eigenvalue weighted by atomic mass is 32.2. The molecule has 2 aliphatic heterocycles. The van der Waals surface area contributed by atoms with Gasteiger partial charge in [-0.3, -0.25) is 24.1 Å². The molecular weight excluding hydrogens is 496 g/mol. The van der Waals surface area contributed by atoms with E-state index in [0.717, 1.165) is 31.7 Å². The number of phenolic OH excluding ortho intramolecular Hbond substituents is 1. The lowest BCUT2D eigenvalue weighted by Gasteiger charge is -2.43. The molecule has 2 aromatic rings. The van der Waals surface area contributed by atoms with Crippen molar-refractivity contribution in [1.82, 2.24) is 9.88 Å². The van der Waals surface area contributed by atoms with E-state index in [4.69, 9.17) is 9.47 Å². The Labute approximate surface area is 207 Å². The second kappa shape index (κ2) is 7.76. The number of thiazole rings is 1. The molecule has 1 aromatic heterocycles. The predicted molar refractivity (Wildman–Crippen MR) is 124 cm³/mol. The highest BCUT2D eigenvalue weighted by Gasteiger charge is 2.69. The van der Waals surface area contributed by atoms with Crippen LogP contribution in [-0.2, 0) is 14.4 Å². The largest absolute Gasteiger partial charge is 0.502 e. The number of thioether (sulfide) groups is 1. The van der Waals surface area contributed by atoms with Crippen LogP contribution in [0.25, 0.3) is 0 Å². The van der Waals surface area contributed by atoms with Gasteiger partial charge in [0, 0.05) is 16.0 Å². The maximum atomic E-state index is 13.2. The number of aromatic nitrogens is 1. The van der Waals surface area contributed by atoms with Crippen molar-refractivity contribution in [3.05, 3.63) is 32.2 Å². The van der Waals surface area contributed by atoms with Gasteiger partial charge in [0.2, 0.25) is 17.6 Å². The number of phenols is 1. The summed E-state index contributed by atoms with van der Waals surface area (Å²) in [5.74, 6) is -3.36. The van der Waals surface area contributed by atoms with E-state index in [1.54, 1.807) is 23.9 Å². The number of aromatic amines is 1. The van der Waals surface area contributed by atoms with Gasteiger partial charge in [0.1, 0.15) is 6.54 Å². The first kappa shape index (κ1) is 22.5. The van der Waals surface area contributed by atoms with Crippen molar-refractivity contribution in [2.24, 2.45) is 29.6 Å². The molecule has 2 saturated carbocycles. The third kappa shape index (κ3) is 3.02. The summed E-state index contributed by atoms with van der Waals surface area (Å²) >= 11 is 2.66. The van der Waals surface area contributed by atoms with Crippen molar-refractivity contribution in [2.45, 2.75) is 22.6 Å². The Hall–Kier alpha value is -2.99. The van der Waals surface area contributed by atoms with E-state index in [2.05, 4.69) is 4.98 Å². The van der Waals surface area contributed by atoms with Crippen molar-refractivity contribution in [3.8, 4) is 17.2 Å². The fourth-order valence-electron chi connectivity index (χ4n) is 6.84. The molecule has 3 fully saturated rings. The van der Waals surface area contributed by atoms with Crippen LogP contribution >= 0.6 is 23.1 Å². The molecule has 7 atom stereocenters. The number of carboxylic acids is 1. The zero-order valence-corrected chi connectivity index (χ0v) is 20.4. The minimum absolute atomic E-state index is 0.0312. The van der Waals surface area contributed by atoms with E-state index in [9.17, 15) is 29.4 Å². The number of fused-ring (bicyclic) bond motifs is 9. The van der Waals surface area contributed by atoms with E-state index < -0.39 is 36.2 Å². The number of rotatable bonds is 5. The number of methoxy groups -OCH3 is 2. The van der Waals surface area contributed by atoms with Gasteiger partial charge in [0.05, 0.1) is 31.1 Å². The number of aromatic hydroxyl groups is 1. The van der Waals surface area contributed by atoms with Gasteiger partial charge >= 0.3 is 10.8 Å². The molecular formula is C23H22N2O8S2. The predicted octanol–water partition coefficient (Wildman–Crippen LogP) is 1.72. The zero-order valence-electron chi connectivity index (χ0n) is 18.7. The number of amides is 2. The Bertz CT molecular complexity index is 1310. The molecule has 3 heterocycles. The highest BCUT2D eigenvalue weighted by molar-refractivity contribution is 8.00. The summed E-state index contributed by atoms with van der Waals surface area (Å²) < 4.78 is 10.7. The summed E-state index contributed by atoms with van der Waals surface area (Å²) in [5, 5.41) is 20.4. The van der Waals surface area contributed by atoms with Crippen LogP contribution in [0.4, 0.5) is 0 Å². The van der Waals surface area contributed by atoms with Gasteiger partial charge in [-0.05, 0) is 41.9 Å². The molecule has 3 N–H and O–H groups in total. The molecule has 35 heavy (non-hydrogen) atoms. The molecule has 7 unspecified atom stereocenters. The number of hydrogen-bond donors (Lipinski definition) is 3. The van der Waals surface area contributed by atoms with Crippen LogP contribution in [0.15, 0.2) is 22.0 Å². The molecule has 4 aliphatic rings. The summed E-state index contributed by atoms with van der Waals surface area (Å²) in [5.41, 5.74) is 0.784. The first-order chi connectivity index (χ1) is 16.7. The van der Waals surface area contributed by atoms with Crippen LogP contribution < -0.4 is 14.3 Å². The molecule has 0 radical (unpaired) electrons. The first-order valence-electron chi connectivity index (χ1n) is 11.2. The van der Waals surface area contributed by atoms with Crippen molar-refractivity contribution < 1.29 is 34.1 Å². The number of carbonyl (C=O) groups excluding carboxylic acids is 2. The SMILES string of the molecule is COc1cc(C2c3sc(=O)[nH]c3SC3C4CC(C5C(=O)N(CC(=O)O)C(=O)C45)C23)cc(OC)c1O. The van der Waals surface area contributed by atoms with Crippen LogP contribution in [0.2, 0.25) is 0 Å². The van der Waals surface area contributed by atoms with Crippen molar-refractivity contribution in [1.29, 1.82) is 0 Å². The zero-order chi connectivity index (χ0) is 24.8. The summed E-state index contributed by atoms with van der Waals surface area (Å²) in [6, 6.07) is 3.46. The number of hydrogen-bond acceptors (Lipinski definition) is 9. The van der Waals surface area contributed by atoms with E-state index in [0.29, 0.717) is 6.42 Å². The standard InChI is InChI=1S/C23H22N2O8S2/c1-32-10-3-7(4-11(33-2)17(10)28)13-14-8-5-9(18(14)34-20-19(13)35-23(31)24-20)16-15(8)21(29)25(22(16)30)6-12(26)27/h3-4,8-9,13-16,18,28H,5-6H2,1-2H3,(H,24,31)(H,26,27). The molecule has 12 heteroatoms. The fraction of sp³-hybridized carbons (Fsp3) is 0.478. The van der Waals surface area contributed by atoms with Crippen LogP contribution in [0.1, 0.15) is 22.8 Å². The number of likely N-dealkylation sites (tertiary alicyclic amines) is 1. The normalized spacial score (nSPS) is 32.4. The number of carboxylic acid groups (broad SMARTS) is 1. The van der Waals surface area contributed by atoms with Crippen LogP contribution in [0.3, 0.4) is 0 Å². The van der Waals surface area contributed by atoms with E-state index in [-0.39, 0.29) is 51.0 Å². The highest BCUT2D eigenvalue weighted by Crippen LogP contribution is 2.68. The lowest BCUT2D eigenvalue weighted by molar-refractivity contribution is -0.149. The third-order valence-electron chi connectivity index (χ3n) is 7.97. The second-order valence-corrected chi connectivity index (χ2v) is 11.6. The van der Waals surface area contributed by atoms with E-state index in [1.807, 2.05) is 0 Å². The van der Waals surface area contributed by atoms with Gasteiger partial charge in [-0.1, -0.05) is 11.3 Å². The molecule has 2 aliphatic carbocycles. The molecule has 1 saturated heterocycles. The maximum absolute atomic E-state index is 13.2. The Morgan fingerprint density at radius 2 is 1.74 bits per heavy atom. The smallest absolute Gasteiger partial charge is 0.323 e. The molecule has 2 bridgehead atoms. The molecule has 2 amide bonds. The second-order valence-electron chi connectivity index (χ2n) is 9.39. The summed E-state index contributed by atoms with van der Waals surface area (Å²) in [4.78, 5) is 54.5. The van der Waals surface area contributed by atoms with E-state index >= 15 is 0 Å². The molecule has 184 valence electrons. The van der Waals surface area contributed by atoms with Gasteiger partial charge in [-0.2, -0.15) is 0 Å². The summed E-state index contributed by atoms with van der Waals surface area (Å²) in [6.45, 7) is -0.622. The van der Waals surface area contributed by atoms with Crippen LogP contribution in [0.5, 0.6) is 17.2 Å². The lowest BCUT2D eigenvalue weighted by Crippen LogP contribution is -2.42. The topological polar surface area (TPSA) is 146 Å². The minimum atomic E-state index is -1.22. The Balaban J connectivity index is 1.48. The molecule has 6 rings (SSSR count). The number of benzene rings is 1. The van der Waals surface area contributed by atoms with Gasteiger partial charge < -0.3 is 24.7 Å². The summed E-state index contributed by atoms with van der Waals surface area (Å²) in [6.07, 6.45) is 0.693. The van der Waals surface area contributed by atoms with Gasteiger partial charge in [0.25, 0.3) is 0 Å². The number of carbonyl (C=O) groups is 3. The van der Waals surface area contributed by atoms with Crippen LogP contribution in [-0.4, -0.2) is 63.9 Å². The van der Waals surface area contributed by atoms with Gasteiger partial charge in [-0.25, -0.2) is 0 Å². The Morgan fingerprint density at radius 1 is 1.11 bits per heavy atom. The van der Waals surface area contributed by atoms with Crippen molar-refractivity contribution >= 4 is 40.9 Å². The Morgan fingerprint density at radius 3 is 2.34 bits per heavy atom. The quantitative estimate of drug-likeness (QED) is 0.504. The van der Waals surface area contributed by atoms with Crippen molar-refractivity contribution in [2.75, 3.05) is 20.8 Å². The fourth-order valence-corrected chi connectivity index (χ4v) is 9.73. The number of nitrogens with zero attached hydrogens (tertiary/aromatic N) is 1. The Kier molecular flexibility index (Phi) is 4.98. The molecule has 1 aromatic carbocycles. The summed E-state index contributed by atoms with van der Waals surface area (Å²) in [7, 11) is 2.89.